The Labute approximate surface area is 128 Å². The van der Waals surface area contributed by atoms with E-state index < -0.39 is 0 Å². The summed E-state index contributed by atoms with van der Waals surface area (Å²) in [6, 6.07) is 2.09. The molecular formula is C15H18N6O. The van der Waals surface area contributed by atoms with E-state index in [1.807, 2.05) is 6.07 Å². The zero-order chi connectivity index (χ0) is 15.5. The molecule has 3 heterocycles. The molecule has 4 N–H and O–H groups in total. The fourth-order valence-corrected chi connectivity index (χ4v) is 2.69. The van der Waals surface area contributed by atoms with Crippen molar-refractivity contribution in [1.82, 2.24) is 15.0 Å². The molecule has 7 heteroatoms. The van der Waals surface area contributed by atoms with Crippen LogP contribution in [0.2, 0.25) is 0 Å². The quantitative estimate of drug-likeness (QED) is 0.787. The number of nitrogens with two attached hydrogens (primary N) is 2. The lowest BCUT2D eigenvalue weighted by atomic mass is 10.1. The van der Waals surface area contributed by atoms with E-state index in [-0.39, 0.29) is 29.8 Å². The van der Waals surface area contributed by atoms with Gasteiger partial charge in [-0.3, -0.25) is 9.78 Å². The Kier molecular flexibility index (Phi) is 3.97. The first kappa shape index (κ1) is 14.4. The molecule has 0 amide bonds. The van der Waals surface area contributed by atoms with Crippen molar-refractivity contribution in [3.63, 3.8) is 0 Å². The topological polar surface area (TPSA) is 111 Å². The number of Topliss-reactive ketones (excluding diaryl/α,β-unsaturated/α-hetero) is 1. The molecular weight excluding hydrogens is 280 g/mol. The van der Waals surface area contributed by atoms with Gasteiger partial charge in [0.2, 0.25) is 0 Å². The fraction of sp³-hybridized carbons (Fsp3) is 0.333. The Hall–Kier alpha value is -2.54. The van der Waals surface area contributed by atoms with Gasteiger partial charge in [-0.2, -0.15) is 0 Å². The van der Waals surface area contributed by atoms with Crippen LogP contribution in [0.25, 0.3) is 0 Å². The third-order valence-electron chi connectivity index (χ3n) is 3.78. The molecule has 1 aliphatic rings. The van der Waals surface area contributed by atoms with Crippen LogP contribution in [0.4, 0.5) is 11.5 Å². The molecule has 1 aliphatic heterocycles. The number of rotatable bonds is 4. The molecule has 2 aromatic rings. The molecule has 0 radical (unpaired) electrons. The van der Waals surface area contributed by atoms with Crippen molar-refractivity contribution in [2.24, 2.45) is 5.73 Å². The molecule has 0 aliphatic carbocycles. The zero-order valence-corrected chi connectivity index (χ0v) is 12.1. The maximum atomic E-state index is 12.4. The highest BCUT2D eigenvalue weighted by molar-refractivity contribution is 5.99. The molecule has 1 unspecified atom stereocenters. The van der Waals surface area contributed by atoms with E-state index >= 15 is 0 Å². The summed E-state index contributed by atoms with van der Waals surface area (Å²) >= 11 is 0. The van der Waals surface area contributed by atoms with Crippen LogP contribution in [0.1, 0.15) is 22.5 Å². The number of carbonyl (C=O) groups excluding carboxylic acids is 1. The van der Waals surface area contributed by atoms with Gasteiger partial charge in [0.05, 0.1) is 0 Å². The standard InChI is InChI=1S/C15H18N6O/c16-11-2-6-21(9-11)12-1-3-18-8-10(12)7-13(22)14-15(17)20-5-4-19-14/h1,3-5,8,11H,2,6-7,9,16H2,(H2,17,20). The Balaban J connectivity index is 1.84. The molecule has 0 saturated carbocycles. The lowest BCUT2D eigenvalue weighted by molar-refractivity contribution is 0.0989. The molecule has 7 nitrogen and oxygen atoms in total. The lowest BCUT2D eigenvalue weighted by Gasteiger charge is -2.21. The molecule has 1 saturated heterocycles. The molecule has 1 atom stereocenters. The number of hydrogen-bond acceptors (Lipinski definition) is 7. The number of nitrogens with zero attached hydrogens (tertiary/aromatic N) is 4. The monoisotopic (exact) mass is 298 g/mol. The van der Waals surface area contributed by atoms with E-state index in [0.29, 0.717) is 0 Å². The highest BCUT2D eigenvalue weighted by atomic mass is 16.1. The summed E-state index contributed by atoms with van der Waals surface area (Å²) < 4.78 is 0. The molecule has 0 spiro atoms. The van der Waals surface area contributed by atoms with Crippen LogP contribution in [0.5, 0.6) is 0 Å². The van der Waals surface area contributed by atoms with Crippen LogP contribution in [-0.4, -0.2) is 39.9 Å². The smallest absolute Gasteiger partial charge is 0.189 e. The van der Waals surface area contributed by atoms with Crippen LogP contribution in [-0.2, 0) is 6.42 Å². The summed E-state index contributed by atoms with van der Waals surface area (Å²) in [5, 5.41) is 0. The van der Waals surface area contributed by atoms with Gasteiger partial charge < -0.3 is 16.4 Å². The molecule has 114 valence electrons. The molecule has 0 aromatic carbocycles. The van der Waals surface area contributed by atoms with Gasteiger partial charge in [-0.15, -0.1) is 0 Å². The highest BCUT2D eigenvalue weighted by Crippen LogP contribution is 2.24. The second-order valence-corrected chi connectivity index (χ2v) is 5.39. The molecule has 22 heavy (non-hydrogen) atoms. The minimum atomic E-state index is -0.164. The normalized spacial score (nSPS) is 17.7. The predicted octanol–water partition coefficient (Wildman–Crippen LogP) is 0.417. The second-order valence-electron chi connectivity index (χ2n) is 5.39. The van der Waals surface area contributed by atoms with Crippen LogP contribution < -0.4 is 16.4 Å². The Bertz CT molecular complexity index is 689. The van der Waals surface area contributed by atoms with Crippen molar-refractivity contribution in [3.8, 4) is 0 Å². The first-order valence-electron chi connectivity index (χ1n) is 7.18. The summed E-state index contributed by atoms with van der Waals surface area (Å²) in [5.41, 5.74) is 13.7. The van der Waals surface area contributed by atoms with E-state index in [1.54, 1.807) is 12.4 Å². The first-order valence-corrected chi connectivity index (χ1v) is 7.18. The maximum Gasteiger partial charge on any atom is 0.189 e. The van der Waals surface area contributed by atoms with Crippen molar-refractivity contribution in [2.75, 3.05) is 23.7 Å². The summed E-state index contributed by atoms with van der Waals surface area (Å²) in [5.74, 6) is -0.00974. The van der Waals surface area contributed by atoms with Crippen LogP contribution >= 0.6 is 0 Å². The SMILES string of the molecule is Nc1nccnc1C(=O)Cc1cnccc1N1CCC(N)C1. The number of pyridine rings is 1. The summed E-state index contributed by atoms with van der Waals surface area (Å²) in [4.78, 5) is 26.7. The van der Waals surface area contributed by atoms with Gasteiger partial charge in [-0.1, -0.05) is 0 Å². The van der Waals surface area contributed by atoms with E-state index in [4.69, 9.17) is 11.5 Å². The lowest BCUT2D eigenvalue weighted by Crippen LogP contribution is -2.27. The zero-order valence-electron chi connectivity index (χ0n) is 12.1. The molecule has 0 bridgehead atoms. The van der Waals surface area contributed by atoms with Crippen molar-refractivity contribution in [1.29, 1.82) is 0 Å². The average Bonchev–Trinajstić information content (AvgIpc) is 2.94. The van der Waals surface area contributed by atoms with Crippen molar-refractivity contribution >= 4 is 17.3 Å². The number of carbonyl (C=O) groups is 1. The number of anilines is 2. The Morgan fingerprint density at radius 3 is 2.86 bits per heavy atom. The van der Waals surface area contributed by atoms with Crippen LogP contribution in [0.3, 0.4) is 0 Å². The fourth-order valence-electron chi connectivity index (χ4n) is 2.69. The van der Waals surface area contributed by atoms with Gasteiger partial charge in [-0.05, 0) is 12.5 Å². The minimum Gasteiger partial charge on any atom is -0.382 e. The van der Waals surface area contributed by atoms with Crippen molar-refractivity contribution in [3.05, 3.63) is 42.1 Å². The van der Waals surface area contributed by atoms with Gasteiger partial charge in [0.15, 0.2) is 11.6 Å². The largest absolute Gasteiger partial charge is 0.382 e. The van der Waals surface area contributed by atoms with Gasteiger partial charge in [0, 0.05) is 61.6 Å². The third-order valence-corrected chi connectivity index (χ3v) is 3.78. The number of nitrogen functional groups attached to an aromatic ring is 1. The van der Waals surface area contributed by atoms with Gasteiger partial charge in [0.1, 0.15) is 5.69 Å². The number of aromatic nitrogens is 3. The molecule has 1 fully saturated rings. The van der Waals surface area contributed by atoms with Gasteiger partial charge in [0.25, 0.3) is 0 Å². The predicted molar refractivity (Wildman–Crippen MR) is 83.5 cm³/mol. The van der Waals surface area contributed by atoms with Crippen LogP contribution in [0.15, 0.2) is 30.9 Å². The van der Waals surface area contributed by atoms with E-state index in [1.165, 1.54) is 12.4 Å². The second kappa shape index (κ2) is 6.07. The maximum absolute atomic E-state index is 12.4. The summed E-state index contributed by atoms with van der Waals surface area (Å²) in [7, 11) is 0. The van der Waals surface area contributed by atoms with Gasteiger partial charge in [-0.25, -0.2) is 9.97 Å². The third kappa shape index (κ3) is 2.89. The molecule has 2 aromatic heterocycles. The first-order chi connectivity index (χ1) is 10.6. The van der Waals surface area contributed by atoms with Crippen molar-refractivity contribution < 1.29 is 4.79 Å². The van der Waals surface area contributed by atoms with E-state index in [9.17, 15) is 4.79 Å². The number of ketones is 1. The van der Waals surface area contributed by atoms with E-state index in [2.05, 4.69) is 19.9 Å². The minimum absolute atomic E-state index is 0.154. The van der Waals surface area contributed by atoms with Crippen molar-refractivity contribution in [2.45, 2.75) is 18.9 Å². The number of hydrogen-bond donors (Lipinski definition) is 2. The van der Waals surface area contributed by atoms with Crippen LogP contribution in [0, 0.1) is 0 Å². The van der Waals surface area contributed by atoms with E-state index in [0.717, 1.165) is 30.8 Å². The highest BCUT2D eigenvalue weighted by Gasteiger charge is 2.23. The Morgan fingerprint density at radius 1 is 1.32 bits per heavy atom. The molecule has 3 rings (SSSR count). The average molecular weight is 298 g/mol. The summed E-state index contributed by atoms with van der Waals surface area (Å²) in [6.45, 7) is 1.68. The Morgan fingerprint density at radius 2 is 2.14 bits per heavy atom. The van der Waals surface area contributed by atoms with Gasteiger partial charge >= 0.3 is 0 Å². The summed E-state index contributed by atoms with van der Waals surface area (Å²) in [6.07, 6.45) is 7.51.